The molecule has 2 heterocycles. The molecule has 0 fully saturated rings. The number of hydrogen-bond donors (Lipinski definition) is 2. The van der Waals surface area contributed by atoms with Gasteiger partial charge in [0.05, 0.1) is 24.1 Å². The number of aromatic nitrogens is 3. The fraction of sp³-hybridized carbons (Fsp3) is 0.188. The van der Waals surface area contributed by atoms with Crippen LogP contribution >= 0.6 is 0 Å². The minimum Gasteiger partial charge on any atom is -0.443 e. The summed E-state index contributed by atoms with van der Waals surface area (Å²) < 4.78 is 11.8. The number of hydrogen-bond acceptors (Lipinski definition) is 6. The molecule has 0 aliphatic heterocycles. The number of carbonyl (C=O) groups excluding carboxylic acids is 1. The first-order valence-corrected chi connectivity index (χ1v) is 7.32. The molecule has 24 heavy (non-hydrogen) atoms. The van der Waals surface area contributed by atoms with Gasteiger partial charge in [-0.15, -0.1) is 0 Å². The summed E-state index contributed by atoms with van der Waals surface area (Å²) >= 11 is 0. The Labute approximate surface area is 138 Å². The molecule has 8 nitrogen and oxygen atoms in total. The highest BCUT2D eigenvalue weighted by Crippen LogP contribution is 2.26. The second-order valence-corrected chi connectivity index (χ2v) is 4.98. The molecule has 3 aromatic rings. The van der Waals surface area contributed by atoms with Crippen molar-refractivity contribution in [2.24, 2.45) is 0 Å². The number of rotatable bonds is 6. The first-order chi connectivity index (χ1) is 11.7. The Kier molecular flexibility index (Phi) is 4.57. The summed E-state index contributed by atoms with van der Waals surface area (Å²) in [6.45, 7) is 0.818. The number of carbonyl (C=O) groups is 1. The topological polar surface area (TPSA) is 108 Å². The van der Waals surface area contributed by atoms with Crippen LogP contribution in [0.25, 0.3) is 17.1 Å². The molecule has 0 aliphatic rings. The summed E-state index contributed by atoms with van der Waals surface area (Å²) in [6.07, 6.45) is 2.84. The monoisotopic (exact) mass is 327 g/mol. The Bertz CT molecular complexity index is 825. The Morgan fingerprint density at radius 2 is 2.17 bits per heavy atom. The van der Waals surface area contributed by atoms with Crippen LogP contribution in [0.3, 0.4) is 0 Å². The molecular formula is C16H17N5O3. The quantitative estimate of drug-likeness (QED) is 0.664. The summed E-state index contributed by atoms with van der Waals surface area (Å²) in [4.78, 5) is 16.1. The minimum absolute atomic E-state index is 0.174. The van der Waals surface area contributed by atoms with Crippen LogP contribution in [0, 0.1) is 0 Å². The Morgan fingerprint density at radius 3 is 2.92 bits per heavy atom. The first kappa shape index (κ1) is 15.8. The highest BCUT2D eigenvalue weighted by molar-refractivity contribution is 5.92. The summed E-state index contributed by atoms with van der Waals surface area (Å²) in [5.41, 5.74) is 7.66. The van der Waals surface area contributed by atoms with Crippen molar-refractivity contribution in [3.8, 4) is 17.1 Å². The van der Waals surface area contributed by atoms with E-state index in [-0.39, 0.29) is 17.5 Å². The van der Waals surface area contributed by atoms with E-state index >= 15 is 0 Å². The molecule has 8 heteroatoms. The van der Waals surface area contributed by atoms with Crippen molar-refractivity contribution in [2.75, 3.05) is 26.0 Å². The molecule has 0 atom stereocenters. The number of methoxy groups -OCH3 is 1. The van der Waals surface area contributed by atoms with Crippen molar-refractivity contribution in [3.05, 3.63) is 48.5 Å². The number of nitrogens with two attached hydrogens (primary N) is 1. The second kappa shape index (κ2) is 6.97. The van der Waals surface area contributed by atoms with E-state index in [0.29, 0.717) is 24.5 Å². The van der Waals surface area contributed by atoms with Gasteiger partial charge in [0.2, 0.25) is 5.89 Å². The van der Waals surface area contributed by atoms with Crippen molar-refractivity contribution < 1.29 is 13.9 Å². The van der Waals surface area contributed by atoms with Crippen LogP contribution in [-0.2, 0) is 4.74 Å². The zero-order valence-corrected chi connectivity index (χ0v) is 13.1. The van der Waals surface area contributed by atoms with E-state index in [2.05, 4.69) is 15.4 Å². The average Bonchev–Trinajstić information content (AvgIpc) is 3.22. The van der Waals surface area contributed by atoms with Crippen molar-refractivity contribution in [1.29, 1.82) is 0 Å². The highest BCUT2D eigenvalue weighted by atomic mass is 16.5. The minimum atomic E-state index is -0.337. The van der Waals surface area contributed by atoms with Gasteiger partial charge in [-0.2, -0.15) is 5.10 Å². The van der Waals surface area contributed by atoms with Gasteiger partial charge in [-0.1, -0.05) is 18.2 Å². The SMILES string of the molecule is COCCNC(=O)c1coc(-c2cnn(-c3ccccc3)c2N)n1. The van der Waals surface area contributed by atoms with Crippen LogP contribution < -0.4 is 11.1 Å². The third-order valence-electron chi connectivity index (χ3n) is 3.37. The Balaban J connectivity index is 1.81. The zero-order chi connectivity index (χ0) is 16.9. The van der Waals surface area contributed by atoms with Gasteiger partial charge >= 0.3 is 0 Å². The lowest BCUT2D eigenvalue weighted by Crippen LogP contribution is -2.27. The van der Waals surface area contributed by atoms with E-state index in [0.717, 1.165) is 5.69 Å². The van der Waals surface area contributed by atoms with Crippen LogP contribution in [0.4, 0.5) is 5.82 Å². The van der Waals surface area contributed by atoms with E-state index in [4.69, 9.17) is 14.9 Å². The van der Waals surface area contributed by atoms with Gasteiger partial charge in [-0.25, -0.2) is 9.67 Å². The van der Waals surface area contributed by atoms with E-state index in [1.165, 1.54) is 6.26 Å². The van der Waals surface area contributed by atoms with Gasteiger partial charge in [0.25, 0.3) is 5.91 Å². The molecule has 0 saturated heterocycles. The molecule has 1 amide bonds. The lowest BCUT2D eigenvalue weighted by molar-refractivity contribution is 0.0932. The van der Waals surface area contributed by atoms with E-state index in [9.17, 15) is 4.79 Å². The fourth-order valence-corrected chi connectivity index (χ4v) is 2.16. The maximum atomic E-state index is 11.9. The fourth-order valence-electron chi connectivity index (χ4n) is 2.16. The molecule has 0 unspecified atom stereocenters. The highest BCUT2D eigenvalue weighted by Gasteiger charge is 2.18. The number of nitrogens with one attached hydrogen (secondary N) is 1. The third kappa shape index (κ3) is 3.13. The number of para-hydroxylation sites is 1. The first-order valence-electron chi connectivity index (χ1n) is 7.32. The van der Waals surface area contributed by atoms with Gasteiger partial charge in [-0.05, 0) is 12.1 Å². The molecule has 0 spiro atoms. The smallest absolute Gasteiger partial charge is 0.273 e. The Hall–Kier alpha value is -3.13. The summed E-state index contributed by atoms with van der Waals surface area (Å²) in [7, 11) is 1.56. The molecule has 0 saturated carbocycles. The van der Waals surface area contributed by atoms with Crippen LogP contribution in [0.15, 0.2) is 47.2 Å². The standard InChI is InChI=1S/C16H17N5O3/c1-23-8-7-18-15(22)13-10-24-16(20-13)12-9-19-21(14(12)17)11-5-3-2-4-6-11/h2-6,9-10H,7-8,17H2,1H3,(H,18,22). The zero-order valence-electron chi connectivity index (χ0n) is 13.1. The molecule has 1 aromatic carbocycles. The Morgan fingerprint density at radius 1 is 1.38 bits per heavy atom. The van der Waals surface area contributed by atoms with Gasteiger partial charge < -0.3 is 20.2 Å². The summed E-state index contributed by atoms with van der Waals surface area (Å²) in [5.74, 6) is 0.289. The number of nitrogens with zero attached hydrogens (tertiary/aromatic N) is 3. The van der Waals surface area contributed by atoms with E-state index in [1.54, 1.807) is 18.0 Å². The lowest BCUT2D eigenvalue weighted by atomic mass is 10.3. The largest absolute Gasteiger partial charge is 0.443 e. The number of nitrogen functional groups attached to an aromatic ring is 1. The van der Waals surface area contributed by atoms with Crippen molar-refractivity contribution in [1.82, 2.24) is 20.1 Å². The molecule has 3 rings (SSSR count). The molecule has 0 bridgehead atoms. The molecule has 2 aromatic heterocycles. The van der Waals surface area contributed by atoms with Crippen LogP contribution in [0.5, 0.6) is 0 Å². The number of ether oxygens (including phenoxy) is 1. The maximum Gasteiger partial charge on any atom is 0.273 e. The van der Waals surface area contributed by atoms with Gasteiger partial charge in [0.1, 0.15) is 12.1 Å². The van der Waals surface area contributed by atoms with Crippen LogP contribution in [0.2, 0.25) is 0 Å². The predicted molar refractivity (Wildman–Crippen MR) is 87.7 cm³/mol. The van der Waals surface area contributed by atoms with E-state index < -0.39 is 0 Å². The van der Waals surface area contributed by atoms with Gasteiger partial charge in [0, 0.05) is 13.7 Å². The lowest BCUT2D eigenvalue weighted by Gasteiger charge is -2.03. The molecule has 124 valence electrons. The molecule has 0 radical (unpaired) electrons. The third-order valence-corrected chi connectivity index (χ3v) is 3.37. The number of benzene rings is 1. The molecular weight excluding hydrogens is 310 g/mol. The van der Waals surface area contributed by atoms with Crippen molar-refractivity contribution in [3.63, 3.8) is 0 Å². The average molecular weight is 327 g/mol. The van der Waals surface area contributed by atoms with Gasteiger partial charge in [0.15, 0.2) is 5.69 Å². The van der Waals surface area contributed by atoms with Crippen molar-refractivity contribution in [2.45, 2.75) is 0 Å². The predicted octanol–water partition coefficient (Wildman–Crippen LogP) is 1.49. The number of amides is 1. The summed E-state index contributed by atoms with van der Waals surface area (Å²) in [5, 5.41) is 6.92. The number of anilines is 1. The van der Waals surface area contributed by atoms with Gasteiger partial charge in [-0.3, -0.25) is 4.79 Å². The molecule has 3 N–H and O–H groups in total. The normalized spacial score (nSPS) is 10.7. The second-order valence-electron chi connectivity index (χ2n) is 4.98. The van der Waals surface area contributed by atoms with Crippen LogP contribution in [0.1, 0.15) is 10.5 Å². The molecule has 0 aliphatic carbocycles. The van der Waals surface area contributed by atoms with Crippen molar-refractivity contribution >= 4 is 11.7 Å². The number of oxazole rings is 1. The van der Waals surface area contributed by atoms with E-state index in [1.807, 2.05) is 30.3 Å². The summed E-state index contributed by atoms with van der Waals surface area (Å²) in [6, 6.07) is 9.47. The maximum absolute atomic E-state index is 11.9. The van der Waals surface area contributed by atoms with Crippen LogP contribution in [-0.4, -0.2) is 40.9 Å².